The molecule has 0 aliphatic heterocycles. The minimum Gasteiger partial charge on any atom is -0.748 e. The number of hydrogen-bond donors (Lipinski definition) is 4. The van der Waals surface area contributed by atoms with Gasteiger partial charge in [0.05, 0.1) is 63.5 Å². The first kappa shape index (κ1) is 53.0. The van der Waals surface area contributed by atoms with Crippen LogP contribution in [-0.2, 0) is 80.9 Å². The van der Waals surface area contributed by atoms with E-state index in [-0.39, 0.29) is 91.0 Å². The zero-order valence-corrected chi connectivity index (χ0v) is 34.8. The Morgan fingerprint density at radius 2 is 0.432 bits per heavy atom. The third kappa shape index (κ3) is 32.8. The van der Waals surface area contributed by atoms with Gasteiger partial charge < -0.3 is 18.2 Å². The maximum absolute atomic E-state index is 10.8. The number of rotatable bonds is 16. The summed E-state index contributed by atoms with van der Waals surface area (Å²) in [4.78, 5) is 0. The summed E-state index contributed by atoms with van der Waals surface area (Å²) in [5.41, 5.74) is -6.08. The molecule has 0 aromatic carbocycles. The second kappa shape index (κ2) is 17.9. The largest absolute Gasteiger partial charge is 2.00 e. The van der Waals surface area contributed by atoms with E-state index in [0.717, 1.165) is 0 Å². The van der Waals surface area contributed by atoms with Crippen molar-refractivity contribution in [2.45, 2.75) is 0 Å². The molecule has 0 aromatic rings. The van der Waals surface area contributed by atoms with Crippen molar-refractivity contribution in [2.75, 3.05) is 46.0 Å². The topological polar surface area (TPSA) is 446 Å². The zero-order chi connectivity index (χ0) is 34.7. The van der Waals surface area contributed by atoms with Crippen LogP contribution >= 0.6 is 0 Å². The normalized spacial score (nSPS) is 14.4. The molecule has 0 bridgehead atoms. The second-order valence-electron chi connectivity index (χ2n) is 8.71. The van der Waals surface area contributed by atoms with Crippen molar-refractivity contribution in [1.82, 2.24) is 0 Å². The fourth-order valence-corrected chi connectivity index (χ4v) is 13.6. The van der Waals surface area contributed by atoms with E-state index in [1.54, 1.807) is 0 Å². The van der Waals surface area contributed by atoms with Gasteiger partial charge in [-0.15, -0.1) is 0 Å². The molecule has 0 spiro atoms. The quantitative estimate of drug-likeness (QED) is 0.0825. The first-order valence-electron chi connectivity index (χ1n) is 9.20. The van der Waals surface area contributed by atoms with Crippen LogP contribution in [0.4, 0.5) is 0 Å². The standard InChI is InChI=1S/2C5H12O12S4.2Sr/c2*6-18(7,8)1-5(2-19(9,10)11,3-20(12,13)14)4-21(15,16)17;;/h2*1-4H2,(H,6,7,8)(H,9,10,11)(H,12,13,14)(H,15,16,17);;/q;;2*+2/p-4. The molecule has 24 nitrogen and oxygen atoms in total. The van der Waals surface area contributed by atoms with E-state index < -0.39 is 138 Å². The van der Waals surface area contributed by atoms with Gasteiger partial charge in [-0.2, -0.15) is 33.7 Å². The molecule has 0 fully saturated rings. The zero-order valence-electron chi connectivity index (χ0n) is 21.3. The van der Waals surface area contributed by atoms with Crippen molar-refractivity contribution in [2.24, 2.45) is 10.8 Å². The monoisotopic (exact) mass is 956 g/mol. The minimum atomic E-state index is -5.46. The van der Waals surface area contributed by atoms with Crippen LogP contribution in [0, 0.1) is 10.8 Å². The van der Waals surface area contributed by atoms with Gasteiger partial charge >= 0.3 is 91.0 Å². The van der Waals surface area contributed by atoms with Gasteiger partial charge in [0, 0.05) is 33.8 Å². The van der Waals surface area contributed by atoms with E-state index >= 15 is 0 Å². The molecule has 0 atom stereocenters. The molecule has 0 heterocycles. The van der Waals surface area contributed by atoms with Gasteiger partial charge in [0.1, 0.15) is 0 Å². The molecule has 34 heteroatoms. The maximum atomic E-state index is 10.8. The molecule has 0 aliphatic carbocycles. The maximum Gasteiger partial charge on any atom is 2.00 e. The Morgan fingerprint density at radius 3 is 0.523 bits per heavy atom. The van der Waals surface area contributed by atoms with Crippen LogP contribution in [0.5, 0.6) is 0 Å². The molecule has 0 saturated heterocycles. The SMILES string of the molecule is O=S(=O)(O)CC(CS(=O)(=O)O)(CS(=O)(=O)O)CS(=O)(=O)O.O=S(=O)([O-])CC(CS(=O)(=O)[O-])(CS(=O)(=O)[O-])CS(=O)(=O)[O-].[Sr+2].[Sr+2]. The van der Waals surface area contributed by atoms with Crippen LogP contribution in [0.25, 0.3) is 0 Å². The van der Waals surface area contributed by atoms with Crippen molar-refractivity contribution in [3.63, 3.8) is 0 Å². The Morgan fingerprint density at radius 1 is 0.318 bits per heavy atom. The first-order valence-corrected chi connectivity index (χ1v) is 21.9. The molecular formula is C10H20O24S8Sr2. The Kier molecular flexibility index (Phi) is 21.6. The Balaban J connectivity index is -0.000000348. The van der Waals surface area contributed by atoms with Gasteiger partial charge in [-0.25, -0.2) is 33.7 Å². The van der Waals surface area contributed by atoms with Crippen LogP contribution < -0.4 is 0 Å². The van der Waals surface area contributed by atoms with Gasteiger partial charge in [-0.05, 0) is 0 Å². The third-order valence-corrected chi connectivity index (χ3v) is 11.7. The molecule has 4 N–H and O–H groups in total. The average molecular weight is 956 g/mol. The van der Waals surface area contributed by atoms with E-state index in [4.69, 9.17) is 18.2 Å². The smallest absolute Gasteiger partial charge is 0.748 e. The van der Waals surface area contributed by atoms with Crippen molar-refractivity contribution in [1.29, 1.82) is 0 Å². The Bertz CT molecular complexity index is 1430. The van der Waals surface area contributed by atoms with Gasteiger partial charge in [0.15, 0.2) is 0 Å². The summed E-state index contributed by atoms with van der Waals surface area (Å²) in [7, 11) is -42.3. The molecule has 0 saturated carbocycles. The molecule has 0 unspecified atom stereocenters. The minimum absolute atomic E-state index is 0. The van der Waals surface area contributed by atoms with Gasteiger partial charge in [0.2, 0.25) is 0 Å². The van der Waals surface area contributed by atoms with Crippen molar-refractivity contribution in [3.8, 4) is 0 Å². The molecule has 0 aromatic heterocycles. The molecule has 0 amide bonds. The predicted octanol–water partition coefficient (Wildman–Crippen LogP) is -7.08. The van der Waals surface area contributed by atoms with Crippen molar-refractivity contribution >= 4 is 172 Å². The summed E-state index contributed by atoms with van der Waals surface area (Å²) in [6.45, 7) is 0. The third-order valence-electron chi connectivity index (χ3n) is 3.89. The average Bonchev–Trinajstić information content (AvgIpc) is 2.37. The van der Waals surface area contributed by atoms with E-state index in [1.165, 1.54) is 0 Å². The first-order chi connectivity index (χ1) is 17.7. The van der Waals surface area contributed by atoms with Crippen LogP contribution in [0.2, 0.25) is 0 Å². The van der Waals surface area contributed by atoms with Crippen LogP contribution in [0.3, 0.4) is 0 Å². The fraction of sp³-hybridized carbons (Fsp3) is 1.00. The summed E-state index contributed by atoms with van der Waals surface area (Å²) in [5, 5.41) is 0. The predicted molar refractivity (Wildman–Crippen MR) is 140 cm³/mol. The summed E-state index contributed by atoms with van der Waals surface area (Å²) in [6, 6.07) is 0. The Labute approximate surface area is 327 Å². The number of hydrogen-bond acceptors (Lipinski definition) is 20. The van der Waals surface area contributed by atoms with E-state index in [9.17, 15) is 85.6 Å². The summed E-state index contributed by atoms with van der Waals surface area (Å²) >= 11 is 0. The van der Waals surface area contributed by atoms with Crippen molar-refractivity contribution < 1.29 is 104 Å². The summed E-state index contributed by atoms with van der Waals surface area (Å²) in [5.74, 6) is -15.0. The van der Waals surface area contributed by atoms with Crippen LogP contribution in [0.15, 0.2) is 0 Å². The van der Waals surface area contributed by atoms with E-state index in [2.05, 4.69) is 0 Å². The Hall–Kier alpha value is 2.24. The van der Waals surface area contributed by atoms with Crippen LogP contribution in [-0.4, -0.2) is 241 Å². The summed E-state index contributed by atoms with van der Waals surface area (Å²) in [6.07, 6.45) is 0. The molecule has 256 valence electrons. The van der Waals surface area contributed by atoms with Gasteiger partial charge in [-0.3, -0.25) is 18.2 Å². The second-order valence-corrected chi connectivity index (χ2v) is 20.1. The van der Waals surface area contributed by atoms with E-state index in [0.29, 0.717) is 0 Å². The molecule has 0 radical (unpaired) electrons. The fourth-order valence-electron chi connectivity index (χ4n) is 3.55. The van der Waals surface area contributed by atoms with Gasteiger partial charge in [0.25, 0.3) is 40.5 Å². The van der Waals surface area contributed by atoms with E-state index in [1.807, 2.05) is 0 Å². The van der Waals surface area contributed by atoms with Gasteiger partial charge in [-0.1, -0.05) is 0 Å². The molecule has 0 aliphatic rings. The van der Waals surface area contributed by atoms with Crippen molar-refractivity contribution in [3.05, 3.63) is 0 Å². The molecular weight excluding hydrogens is 936 g/mol. The molecule has 44 heavy (non-hydrogen) atoms. The summed E-state index contributed by atoms with van der Waals surface area (Å²) < 4.78 is 249. The van der Waals surface area contributed by atoms with Crippen LogP contribution in [0.1, 0.15) is 0 Å². The molecule has 0 rings (SSSR count).